The number of furan rings is 2. The first kappa shape index (κ1) is 29.1. The minimum absolute atomic E-state index is 0.851. The lowest BCUT2D eigenvalue weighted by molar-refractivity contribution is 0.668. The van der Waals surface area contributed by atoms with Crippen LogP contribution in [-0.4, -0.2) is 0 Å². The highest BCUT2D eigenvalue weighted by molar-refractivity contribution is 6.14. The Morgan fingerprint density at radius 3 is 1.65 bits per heavy atom. The number of hydrogen-bond donors (Lipinski definition) is 0. The van der Waals surface area contributed by atoms with Crippen LogP contribution in [0.3, 0.4) is 0 Å². The molecule has 0 amide bonds. The molecule has 3 nitrogen and oxygen atoms in total. The van der Waals surface area contributed by atoms with Gasteiger partial charge in [-0.3, -0.25) is 0 Å². The predicted molar refractivity (Wildman–Crippen MR) is 212 cm³/mol. The van der Waals surface area contributed by atoms with Crippen LogP contribution in [0.2, 0.25) is 0 Å². The van der Waals surface area contributed by atoms with E-state index in [0.29, 0.717) is 0 Å². The molecule has 0 aliphatic rings. The maximum Gasteiger partial charge on any atom is 0.160 e. The fraction of sp³-hybridized carbons (Fsp3) is 0. The highest BCUT2D eigenvalue weighted by Crippen LogP contribution is 2.48. The molecule has 51 heavy (non-hydrogen) atoms. The van der Waals surface area contributed by atoms with Crippen LogP contribution in [0.25, 0.3) is 77.3 Å². The van der Waals surface area contributed by atoms with E-state index in [0.717, 1.165) is 88.8 Å². The van der Waals surface area contributed by atoms with Gasteiger partial charge in [0.05, 0.1) is 5.69 Å². The van der Waals surface area contributed by atoms with Gasteiger partial charge >= 0.3 is 0 Å². The van der Waals surface area contributed by atoms with Gasteiger partial charge in [0.1, 0.15) is 16.7 Å². The Kier molecular flexibility index (Phi) is 6.81. The molecule has 0 fully saturated rings. The van der Waals surface area contributed by atoms with Gasteiger partial charge in [0.25, 0.3) is 0 Å². The number of benzene rings is 8. The van der Waals surface area contributed by atoms with Crippen LogP contribution in [-0.2, 0) is 0 Å². The first-order valence-electron chi connectivity index (χ1n) is 17.3. The van der Waals surface area contributed by atoms with Gasteiger partial charge < -0.3 is 13.7 Å². The zero-order valence-corrected chi connectivity index (χ0v) is 27.7. The van der Waals surface area contributed by atoms with Crippen molar-refractivity contribution < 1.29 is 8.83 Å². The van der Waals surface area contributed by atoms with Gasteiger partial charge in [0.2, 0.25) is 0 Å². The Balaban J connectivity index is 1.20. The molecule has 8 aromatic carbocycles. The summed E-state index contributed by atoms with van der Waals surface area (Å²) in [5.41, 5.74) is 13.4. The van der Waals surface area contributed by atoms with E-state index >= 15 is 0 Å². The monoisotopic (exact) mass is 653 g/mol. The second kappa shape index (κ2) is 11.9. The van der Waals surface area contributed by atoms with E-state index in [1.807, 2.05) is 18.2 Å². The Labute approximate surface area is 295 Å². The average molecular weight is 654 g/mol. The quantitative estimate of drug-likeness (QED) is 0.179. The average Bonchev–Trinajstić information content (AvgIpc) is 3.77. The predicted octanol–water partition coefficient (Wildman–Crippen LogP) is 14.0. The second-order valence-electron chi connectivity index (χ2n) is 12.9. The van der Waals surface area contributed by atoms with Gasteiger partial charge in [-0.05, 0) is 82.4 Å². The van der Waals surface area contributed by atoms with Gasteiger partial charge in [-0.25, -0.2) is 0 Å². The molecule has 3 heteroatoms. The molecule has 2 heterocycles. The fourth-order valence-electron chi connectivity index (χ4n) is 7.42. The van der Waals surface area contributed by atoms with Crippen molar-refractivity contribution in [3.8, 4) is 33.4 Å². The van der Waals surface area contributed by atoms with Crippen LogP contribution in [0.15, 0.2) is 197 Å². The van der Waals surface area contributed by atoms with E-state index in [2.05, 4.69) is 175 Å². The van der Waals surface area contributed by atoms with E-state index in [9.17, 15) is 0 Å². The van der Waals surface area contributed by atoms with E-state index in [1.54, 1.807) is 0 Å². The SMILES string of the molecule is c1ccc(-c2cccc(N(c3ccc(-c4ccc5oc6ccccc6c5c4)cc3)c3c(-c4ccccc4)ccc4c3oc3ccccc34)c2)cc1. The minimum atomic E-state index is 0.851. The van der Waals surface area contributed by atoms with Crippen LogP contribution in [0.1, 0.15) is 0 Å². The van der Waals surface area contributed by atoms with Crippen molar-refractivity contribution in [3.05, 3.63) is 188 Å². The highest BCUT2D eigenvalue weighted by atomic mass is 16.3. The number of para-hydroxylation sites is 2. The first-order chi connectivity index (χ1) is 25.3. The van der Waals surface area contributed by atoms with E-state index in [1.165, 1.54) is 5.56 Å². The summed E-state index contributed by atoms with van der Waals surface area (Å²) in [7, 11) is 0. The summed E-state index contributed by atoms with van der Waals surface area (Å²) in [6, 6.07) is 66.2. The molecular formula is C48H31NO2. The normalized spacial score (nSPS) is 11.5. The smallest absolute Gasteiger partial charge is 0.160 e. The maximum absolute atomic E-state index is 6.80. The van der Waals surface area contributed by atoms with Crippen LogP contribution < -0.4 is 4.90 Å². The van der Waals surface area contributed by atoms with Crippen LogP contribution in [0.4, 0.5) is 17.1 Å². The first-order valence-corrected chi connectivity index (χ1v) is 17.3. The lowest BCUT2D eigenvalue weighted by Crippen LogP contribution is -2.12. The number of fused-ring (bicyclic) bond motifs is 6. The molecule has 2 aromatic heterocycles. The number of rotatable bonds is 6. The minimum Gasteiger partial charge on any atom is -0.456 e. The maximum atomic E-state index is 6.80. The fourth-order valence-corrected chi connectivity index (χ4v) is 7.42. The number of hydrogen-bond acceptors (Lipinski definition) is 3. The second-order valence-corrected chi connectivity index (χ2v) is 12.9. The summed E-state index contributed by atoms with van der Waals surface area (Å²) >= 11 is 0. The van der Waals surface area contributed by atoms with Crippen molar-refractivity contribution in [2.45, 2.75) is 0 Å². The largest absolute Gasteiger partial charge is 0.456 e. The summed E-state index contributed by atoms with van der Waals surface area (Å²) in [4.78, 5) is 2.36. The van der Waals surface area contributed by atoms with Crippen molar-refractivity contribution in [3.63, 3.8) is 0 Å². The highest BCUT2D eigenvalue weighted by Gasteiger charge is 2.24. The molecule has 0 saturated heterocycles. The lowest BCUT2D eigenvalue weighted by atomic mass is 9.98. The molecule has 0 aliphatic heterocycles. The van der Waals surface area contributed by atoms with Crippen LogP contribution in [0.5, 0.6) is 0 Å². The van der Waals surface area contributed by atoms with E-state index < -0.39 is 0 Å². The molecular weight excluding hydrogens is 623 g/mol. The molecule has 0 aliphatic carbocycles. The van der Waals surface area contributed by atoms with E-state index in [4.69, 9.17) is 8.83 Å². The summed E-state index contributed by atoms with van der Waals surface area (Å²) in [5.74, 6) is 0. The molecule has 0 N–H and O–H groups in total. The van der Waals surface area contributed by atoms with Gasteiger partial charge in [-0.1, -0.05) is 133 Å². The molecule has 10 aromatic rings. The Hall–Kier alpha value is -6.84. The number of nitrogens with zero attached hydrogens (tertiary/aromatic N) is 1. The van der Waals surface area contributed by atoms with Gasteiger partial charge in [-0.2, -0.15) is 0 Å². The van der Waals surface area contributed by atoms with Crippen molar-refractivity contribution in [2.75, 3.05) is 4.90 Å². The van der Waals surface area contributed by atoms with E-state index in [-0.39, 0.29) is 0 Å². The van der Waals surface area contributed by atoms with Crippen molar-refractivity contribution in [1.29, 1.82) is 0 Å². The molecule has 0 bridgehead atoms. The Morgan fingerprint density at radius 2 is 0.882 bits per heavy atom. The third-order valence-corrected chi connectivity index (χ3v) is 9.88. The number of anilines is 3. The summed E-state index contributed by atoms with van der Waals surface area (Å²) in [6.45, 7) is 0. The van der Waals surface area contributed by atoms with Crippen molar-refractivity contribution in [1.82, 2.24) is 0 Å². The molecule has 0 saturated carbocycles. The summed E-state index contributed by atoms with van der Waals surface area (Å²) in [6.07, 6.45) is 0. The molecule has 0 unspecified atom stereocenters. The van der Waals surface area contributed by atoms with Gasteiger partial charge in [0, 0.05) is 38.5 Å². The third kappa shape index (κ3) is 4.98. The van der Waals surface area contributed by atoms with Crippen LogP contribution in [0, 0.1) is 0 Å². The molecule has 0 atom stereocenters. The van der Waals surface area contributed by atoms with Crippen molar-refractivity contribution in [2.24, 2.45) is 0 Å². The van der Waals surface area contributed by atoms with Crippen LogP contribution >= 0.6 is 0 Å². The molecule has 10 rings (SSSR count). The Morgan fingerprint density at radius 1 is 0.314 bits per heavy atom. The topological polar surface area (TPSA) is 29.5 Å². The zero-order chi connectivity index (χ0) is 33.7. The van der Waals surface area contributed by atoms with Gasteiger partial charge in [-0.15, -0.1) is 0 Å². The lowest BCUT2D eigenvalue weighted by Gasteiger charge is -2.28. The zero-order valence-electron chi connectivity index (χ0n) is 27.7. The summed E-state index contributed by atoms with van der Waals surface area (Å²) < 4.78 is 12.9. The Bertz CT molecular complexity index is 2850. The summed E-state index contributed by atoms with van der Waals surface area (Å²) in [5, 5.41) is 4.43. The van der Waals surface area contributed by atoms with Crippen molar-refractivity contribution >= 4 is 60.9 Å². The molecule has 0 spiro atoms. The third-order valence-electron chi connectivity index (χ3n) is 9.88. The molecule has 0 radical (unpaired) electrons. The standard InChI is InChI=1S/C48H31NO2/c1-3-12-32(13-4-1)35-16-11-17-38(30-35)49(37-25-22-33(23-26-37)36-24-29-46-43(31-36)41-19-8-9-20-44(41)50-46)47-39(34-14-5-2-6-15-34)27-28-42-40-18-7-10-21-45(40)51-48(42)47/h1-31H. The van der Waals surface area contributed by atoms with Gasteiger partial charge in [0.15, 0.2) is 5.58 Å². The molecule has 240 valence electrons.